The fraction of sp³-hybridized carbons (Fsp3) is 0.455. The van der Waals surface area contributed by atoms with Crippen LogP contribution in [0.4, 0.5) is 4.79 Å². The van der Waals surface area contributed by atoms with Gasteiger partial charge in [0.25, 0.3) is 0 Å². The van der Waals surface area contributed by atoms with E-state index in [1.807, 2.05) is 52.2 Å². The van der Waals surface area contributed by atoms with E-state index in [9.17, 15) is 9.59 Å². The van der Waals surface area contributed by atoms with Gasteiger partial charge in [0.2, 0.25) is 0 Å². The number of hydrogen-bond acceptors (Lipinski definition) is 5. The summed E-state index contributed by atoms with van der Waals surface area (Å²) in [7, 11) is 3.44. The number of likely N-dealkylation sites (N-methyl/N-ethyl adjacent to an activating group) is 1. The standard InChI is InChI=1S/C22H26N2O4/c1-22(2,3)28-21(26)24-12-13-10-18-16(15-7-6-8-17(24)19(13)15)9-14(11-23(18)4)20(25)27-5/h6-9,12,16,18H,10-11H2,1-5H3/t16-,18+/m0/s1. The Balaban J connectivity index is 1.83. The normalized spacial score (nSPS) is 21.8. The van der Waals surface area contributed by atoms with Gasteiger partial charge in [0, 0.05) is 35.7 Å². The number of ether oxygens (including phenoxy) is 2. The van der Waals surface area contributed by atoms with Gasteiger partial charge >= 0.3 is 12.1 Å². The van der Waals surface area contributed by atoms with Crippen molar-refractivity contribution >= 4 is 23.0 Å². The van der Waals surface area contributed by atoms with Crippen LogP contribution in [0.5, 0.6) is 0 Å². The summed E-state index contributed by atoms with van der Waals surface area (Å²) >= 11 is 0. The van der Waals surface area contributed by atoms with Gasteiger partial charge in [-0.15, -0.1) is 0 Å². The highest BCUT2D eigenvalue weighted by molar-refractivity contribution is 5.96. The number of benzene rings is 1. The molecule has 1 aliphatic carbocycles. The van der Waals surface area contributed by atoms with Crippen molar-refractivity contribution in [2.75, 3.05) is 20.7 Å². The van der Waals surface area contributed by atoms with Gasteiger partial charge in [-0.2, -0.15) is 0 Å². The van der Waals surface area contributed by atoms with Crippen LogP contribution in [0.3, 0.4) is 0 Å². The van der Waals surface area contributed by atoms with E-state index < -0.39 is 5.60 Å². The maximum atomic E-state index is 12.8. The van der Waals surface area contributed by atoms with Gasteiger partial charge in [-0.25, -0.2) is 9.59 Å². The van der Waals surface area contributed by atoms with Gasteiger partial charge in [0.05, 0.1) is 12.6 Å². The molecule has 0 saturated carbocycles. The van der Waals surface area contributed by atoms with E-state index in [2.05, 4.69) is 11.0 Å². The summed E-state index contributed by atoms with van der Waals surface area (Å²) < 4.78 is 12.1. The average Bonchev–Trinajstić information content (AvgIpc) is 3.00. The van der Waals surface area contributed by atoms with E-state index in [4.69, 9.17) is 9.47 Å². The van der Waals surface area contributed by atoms with E-state index in [0.29, 0.717) is 12.1 Å². The molecule has 1 aromatic heterocycles. The topological polar surface area (TPSA) is 60.8 Å². The third-order valence-electron chi connectivity index (χ3n) is 5.55. The van der Waals surface area contributed by atoms with Crippen LogP contribution in [0.2, 0.25) is 0 Å². The van der Waals surface area contributed by atoms with Crippen molar-refractivity contribution in [1.29, 1.82) is 0 Å². The largest absolute Gasteiger partial charge is 0.466 e. The molecule has 6 nitrogen and oxygen atoms in total. The first kappa shape index (κ1) is 18.7. The molecular weight excluding hydrogens is 356 g/mol. The molecule has 4 rings (SSSR count). The summed E-state index contributed by atoms with van der Waals surface area (Å²) in [6.45, 7) is 6.16. The zero-order valence-corrected chi connectivity index (χ0v) is 17.0. The van der Waals surface area contributed by atoms with Crippen LogP contribution in [-0.2, 0) is 20.7 Å². The van der Waals surface area contributed by atoms with Crippen LogP contribution in [0.25, 0.3) is 10.9 Å². The number of hydrogen-bond donors (Lipinski definition) is 0. The fourth-order valence-electron chi connectivity index (χ4n) is 4.40. The third-order valence-corrected chi connectivity index (χ3v) is 5.55. The Labute approximate surface area is 164 Å². The maximum absolute atomic E-state index is 12.8. The van der Waals surface area contributed by atoms with E-state index in [0.717, 1.165) is 28.5 Å². The minimum Gasteiger partial charge on any atom is -0.466 e. The maximum Gasteiger partial charge on any atom is 0.419 e. The lowest BCUT2D eigenvalue weighted by atomic mass is 9.76. The van der Waals surface area contributed by atoms with Crippen LogP contribution in [0.1, 0.15) is 37.8 Å². The first-order valence-corrected chi connectivity index (χ1v) is 9.55. The Hall–Kier alpha value is -2.60. The van der Waals surface area contributed by atoms with E-state index in [1.54, 1.807) is 4.57 Å². The SMILES string of the molecule is COC(=O)C1=C[C@H]2c3cccc4c3c(cn4C(=O)OC(C)(C)C)C[C@H]2N(C)C1. The molecule has 0 amide bonds. The summed E-state index contributed by atoms with van der Waals surface area (Å²) in [5, 5.41) is 1.09. The molecular formula is C22H26N2O4. The Morgan fingerprint density at radius 3 is 2.64 bits per heavy atom. The number of esters is 1. The first-order chi connectivity index (χ1) is 13.2. The Bertz CT molecular complexity index is 996. The monoisotopic (exact) mass is 382 g/mol. The molecule has 2 aliphatic rings. The van der Waals surface area contributed by atoms with Gasteiger partial charge in [-0.05, 0) is 51.4 Å². The fourth-order valence-corrected chi connectivity index (χ4v) is 4.40. The second-order valence-corrected chi connectivity index (χ2v) is 8.64. The molecule has 1 aliphatic heterocycles. The number of carbonyl (C=O) groups excluding carboxylic acids is 2. The van der Waals surface area contributed by atoms with Crippen LogP contribution < -0.4 is 0 Å². The van der Waals surface area contributed by atoms with Crippen molar-refractivity contribution in [3.05, 3.63) is 47.2 Å². The van der Waals surface area contributed by atoms with Crippen LogP contribution in [-0.4, -0.2) is 53.9 Å². The van der Waals surface area contributed by atoms with E-state index in [-0.39, 0.29) is 24.0 Å². The number of fused-ring (bicyclic) bond motifs is 2. The quantitative estimate of drug-likeness (QED) is 0.707. The second kappa shape index (κ2) is 6.48. The number of aromatic nitrogens is 1. The highest BCUT2D eigenvalue weighted by atomic mass is 16.6. The van der Waals surface area contributed by atoms with Crippen LogP contribution in [0, 0.1) is 0 Å². The predicted octanol–water partition coefficient (Wildman–Crippen LogP) is 3.48. The average molecular weight is 382 g/mol. The van der Waals surface area contributed by atoms with Gasteiger partial charge in [-0.1, -0.05) is 18.2 Å². The Morgan fingerprint density at radius 1 is 1.21 bits per heavy atom. The molecule has 0 fully saturated rings. The first-order valence-electron chi connectivity index (χ1n) is 9.55. The summed E-state index contributed by atoms with van der Waals surface area (Å²) in [5.74, 6) is -0.201. The summed E-state index contributed by atoms with van der Waals surface area (Å²) in [6, 6.07) is 6.24. The molecule has 0 spiro atoms. The number of carbonyl (C=O) groups is 2. The van der Waals surface area contributed by atoms with Crippen molar-refractivity contribution in [3.63, 3.8) is 0 Å². The lowest BCUT2D eigenvalue weighted by Gasteiger charge is -2.40. The molecule has 2 heterocycles. The van der Waals surface area contributed by atoms with Crippen molar-refractivity contribution in [2.45, 2.75) is 44.8 Å². The summed E-state index contributed by atoms with van der Waals surface area (Å²) in [5.41, 5.74) is 3.25. The molecule has 148 valence electrons. The molecule has 6 heteroatoms. The Kier molecular flexibility index (Phi) is 4.34. The molecule has 2 atom stereocenters. The highest BCUT2D eigenvalue weighted by Crippen LogP contribution is 2.42. The minimum absolute atomic E-state index is 0.0820. The molecule has 0 unspecified atom stereocenters. The van der Waals surface area contributed by atoms with Crippen molar-refractivity contribution < 1.29 is 19.1 Å². The molecule has 0 N–H and O–H groups in total. The molecule has 0 bridgehead atoms. The van der Waals surface area contributed by atoms with Gasteiger partial charge in [-0.3, -0.25) is 9.47 Å². The molecule has 28 heavy (non-hydrogen) atoms. The van der Waals surface area contributed by atoms with Gasteiger partial charge in [0.15, 0.2) is 0 Å². The highest BCUT2D eigenvalue weighted by Gasteiger charge is 2.38. The predicted molar refractivity (Wildman–Crippen MR) is 107 cm³/mol. The summed E-state index contributed by atoms with van der Waals surface area (Å²) in [4.78, 5) is 27.1. The molecule has 1 aromatic carbocycles. The van der Waals surface area contributed by atoms with E-state index >= 15 is 0 Å². The van der Waals surface area contributed by atoms with Gasteiger partial charge in [0.1, 0.15) is 5.60 Å². The van der Waals surface area contributed by atoms with Gasteiger partial charge < -0.3 is 9.47 Å². The summed E-state index contributed by atoms with van der Waals surface area (Å²) in [6.07, 6.45) is 4.39. The lowest BCUT2D eigenvalue weighted by molar-refractivity contribution is -0.136. The minimum atomic E-state index is -0.558. The lowest BCUT2D eigenvalue weighted by Crippen LogP contribution is -2.44. The molecule has 0 saturated heterocycles. The second-order valence-electron chi connectivity index (χ2n) is 8.64. The van der Waals surface area contributed by atoms with Crippen molar-refractivity contribution in [2.24, 2.45) is 0 Å². The van der Waals surface area contributed by atoms with Crippen LogP contribution >= 0.6 is 0 Å². The zero-order chi connectivity index (χ0) is 20.2. The number of rotatable bonds is 1. The van der Waals surface area contributed by atoms with E-state index in [1.165, 1.54) is 7.11 Å². The molecule has 2 aromatic rings. The third kappa shape index (κ3) is 3.02. The van der Waals surface area contributed by atoms with Crippen molar-refractivity contribution in [1.82, 2.24) is 9.47 Å². The Morgan fingerprint density at radius 2 is 1.96 bits per heavy atom. The smallest absolute Gasteiger partial charge is 0.419 e. The molecule has 0 radical (unpaired) electrons. The number of methoxy groups -OCH3 is 1. The number of nitrogens with zero attached hydrogens (tertiary/aromatic N) is 2. The van der Waals surface area contributed by atoms with Crippen molar-refractivity contribution in [3.8, 4) is 0 Å². The zero-order valence-electron chi connectivity index (χ0n) is 17.0. The van der Waals surface area contributed by atoms with Crippen LogP contribution in [0.15, 0.2) is 36.0 Å².